The van der Waals surface area contributed by atoms with Crippen molar-refractivity contribution in [3.05, 3.63) is 46.6 Å². The summed E-state index contributed by atoms with van der Waals surface area (Å²) < 4.78 is 6.54. The number of rotatable bonds is 1. The molecule has 0 atom stereocenters. The normalized spacial score (nSPS) is 10.9. The summed E-state index contributed by atoms with van der Waals surface area (Å²) in [4.78, 5) is 8.63. The maximum atomic E-state index is 5.65. The van der Waals surface area contributed by atoms with Crippen molar-refractivity contribution < 1.29 is 4.42 Å². The molecule has 0 N–H and O–H groups in total. The molecule has 0 aliphatic rings. The Labute approximate surface area is 107 Å². The topological polar surface area (TPSA) is 38.9 Å². The number of pyridine rings is 1. The number of benzene rings is 1. The molecule has 3 rings (SSSR count). The van der Waals surface area contributed by atoms with E-state index in [-0.39, 0.29) is 0 Å². The first-order valence-electron chi connectivity index (χ1n) is 5.22. The van der Waals surface area contributed by atoms with Crippen molar-refractivity contribution in [1.29, 1.82) is 0 Å². The Morgan fingerprint density at radius 1 is 1.24 bits per heavy atom. The zero-order chi connectivity index (χ0) is 11.8. The lowest BCUT2D eigenvalue weighted by Gasteiger charge is -1.98. The molecular weight excluding hydrogens is 280 g/mol. The Hall–Kier alpha value is -1.68. The van der Waals surface area contributed by atoms with Gasteiger partial charge in [-0.2, -0.15) is 0 Å². The van der Waals surface area contributed by atoms with Crippen LogP contribution in [-0.2, 0) is 0 Å². The van der Waals surface area contributed by atoms with E-state index in [1.54, 1.807) is 6.20 Å². The van der Waals surface area contributed by atoms with Gasteiger partial charge in [0.05, 0.1) is 0 Å². The van der Waals surface area contributed by atoms with Gasteiger partial charge in [0.1, 0.15) is 5.52 Å². The van der Waals surface area contributed by atoms with Gasteiger partial charge < -0.3 is 4.42 Å². The van der Waals surface area contributed by atoms with E-state index in [4.69, 9.17) is 4.42 Å². The highest BCUT2D eigenvalue weighted by Crippen LogP contribution is 2.26. The molecule has 0 unspecified atom stereocenters. The number of hydrogen-bond acceptors (Lipinski definition) is 3. The molecular formula is C13H9BrN2O. The van der Waals surface area contributed by atoms with Crippen LogP contribution in [0.1, 0.15) is 5.56 Å². The van der Waals surface area contributed by atoms with Crippen molar-refractivity contribution in [2.75, 3.05) is 0 Å². The maximum absolute atomic E-state index is 5.65. The van der Waals surface area contributed by atoms with Crippen LogP contribution in [-0.4, -0.2) is 9.97 Å². The molecule has 4 heteroatoms. The van der Waals surface area contributed by atoms with Gasteiger partial charge in [0.15, 0.2) is 0 Å². The molecule has 2 heterocycles. The first kappa shape index (κ1) is 10.5. The van der Waals surface area contributed by atoms with Gasteiger partial charge in [0.2, 0.25) is 11.6 Å². The molecule has 0 radical (unpaired) electrons. The summed E-state index contributed by atoms with van der Waals surface area (Å²) in [6.45, 7) is 2.04. The Bertz CT molecular complexity index is 691. The lowest BCUT2D eigenvalue weighted by atomic mass is 10.1. The van der Waals surface area contributed by atoms with Crippen LogP contribution in [0.2, 0.25) is 0 Å². The Morgan fingerprint density at radius 3 is 2.88 bits per heavy atom. The van der Waals surface area contributed by atoms with E-state index in [0.717, 1.165) is 21.1 Å². The fourth-order valence-corrected chi connectivity index (χ4v) is 2.05. The first-order chi connectivity index (χ1) is 8.24. The predicted octanol–water partition coefficient (Wildman–Crippen LogP) is 3.96. The quantitative estimate of drug-likeness (QED) is 0.680. The lowest BCUT2D eigenvalue weighted by Crippen LogP contribution is -1.81. The summed E-state index contributed by atoms with van der Waals surface area (Å²) in [5.74, 6) is 0.615. The third kappa shape index (κ3) is 1.85. The van der Waals surface area contributed by atoms with Gasteiger partial charge in [0, 0.05) is 16.2 Å². The third-order valence-corrected chi connectivity index (χ3v) is 3.02. The van der Waals surface area contributed by atoms with E-state index in [1.165, 1.54) is 0 Å². The van der Waals surface area contributed by atoms with E-state index in [9.17, 15) is 0 Å². The highest BCUT2D eigenvalue weighted by molar-refractivity contribution is 9.10. The van der Waals surface area contributed by atoms with Crippen LogP contribution in [0.5, 0.6) is 0 Å². The van der Waals surface area contributed by atoms with Crippen LogP contribution in [0.3, 0.4) is 0 Å². The summed E-state index contributed by atoms with van der Waals surface area (Å²) in [5, 5.41) is 0. The molecule has 0 aliphatic heterocycles. The number of nitrogens with zero attached hydrogens (tertiary/aromatic N) is 2. The molecule has 0 saturated carbocycles. The fraction of sp³-hybridized carbons (Fsp3) is 0.0769. The predicted molar refractivity (Wildman–Crippen MR) is 69.7 cm³/mol. The van der Waals surface area contributed by atoms with Gasteiger partial charge in [-0.1, -0.05) is 18.2 Å². The van der Waals surface area contributed by atoms with Crippen LogP contribution >= 0.6 is 15.9 Å². The molecule has 17 heavy (non-hydrogen) atoms. The van der Waals surface area contributed by atoms with Crippen molar-refractivity contribution in [2.45, 2.75) is 6.92 Å². The number of aromatic nitrogens is 2. The molecule has 0 aliphatic carbocycles. The molecule has 0 fully saturated rings. The van der Waals surface area contributed by atoms with Crippen LogP contribution in [0.4, 0.5) is 0 Å². The number of halogens is 1. The minimum absolute atomic E-state index is 0.562. The van der Waals surface area contributed by atoms with E-state index in [0.29, 0.717) is 11.6 Å². The Kier molecular flexibility index (Phi) is 2.44. The number of hydrogen-bond donors (Lipinski definition) is 0. The van der Waals surface area contributed by atoms with Crippen molar-refractivity contribution in [3.8, 4) is 11.5 Å². The average Bonchev–Trinajstić information content (AvgIpc) is 2.72. The Balaban J connectivity index is 2.22. The zero-order valence-electron chi connectivity index (χ0n) is 9.14. The van der Waals surface area contributed by atoms with Crippen LogP contribution in [0.25, 0.3) is 22.7 Å². The van der Waals surface area contributed by atoms with Gasteiger partial charge in [0.25, 0.3) is 0 Å². The highest BCUT2D eigenvalue weighted by atomic mass is 79.9. The fourth-order valence-electron chi connectivity index (χ4n) is 1.73. The largest absolute Gasteiger partial charge is 0.418 e. The minimum atomic E-state index is 0.562. The summed E-state index contributed by atoms with van der Waals surface area (Å²) >= 11 is 3.37. The monoisotopic (exact) mass is 288 g/mol. The molecule has 0 saturated heterocycles. The number of aryl methyl sites for hydroxylation is 1. The van der Waals surface area contributed by atoms with Crippen LogP contribution in [0, 0.1) is 6.92 Å². The summed E-state index contributed by atoms with van der Waals surface area (Å²) in [7, 11) is 0. The van der Waals surface area contributed by atoms with E-state index in [1.807, 2.05) is 37.3 Å². The molecule has 0 amide bonds. The van der Waals surface area contributed by atoms with Gasteiger partial charge >= 0.3 is 0 Å². The standard InChI is InChI=1S/C13H9BrN2O/c1-8-4-2-3-5-10(8)12-16-11-6-9(14)7-15-13(11)17-12/h2-7H,1H3. The number of oxazole rings is 1. The highest BCUT2D eigenvalue weighted by Gasteiger charge is 2.10. The van der Waals surface area contributed by atoms with E-state index >= 15 is 0 Å². The third-order valence-electron chi connectivity index (χ3n) is 2.59. The SMILES string of the molecule is Cc1ccccc1-c1nc2cc(Br)cnc2o1. The lowest BCUT2D eigenvalue weighted by molar-refractivity contribution is 0.607. The molecule has 3 nitrogen and oxygen atoms in total. The van der Waals surface area contributed by atoms with Gasteiger partial charge in [-0.3, -0.25) is 0 Å². The van der Waals surface area contributed by atoms with Crippen molar-refractivity contribution in [3.63, 3.8) is 0 Å². The average molecular weight is 289 g/mol. The van der Waals surface area contributed by atoms with Gasteiger partial charge in [-0.25, -0.2) is 9.97 Å². The van der Waals surface area contributed by atoms with Gasteiger partial charge in [-0.15, -0.1) is 0 Å². The van der Waals surface area contributed by atoms with Crippen molar-refractivity contribution >= 4 is 27.2 Å². The molecule has 3 aromatic rings. The minimum Gasteiger partial charge on any atom is -0.418 e. The zero-order valence-corrected chi connectivity index (χ0v) is 10.7. The number of fused-ring (bicyclic) bond motifs is 1. The second kappa shape index (κ2) is 3.96. The second-order valence-electron chi connectivity index (χ2n) is 3.81. The van der Waals surface area contributed by atoms with Crippen molar-refractivity contribution in [2.24, 2.45) is 0 Å². The first-order valence-corrected chi connectivity index (χ1v) is 6.01. The molecule has 0 bridgehead atoms. The van der Waals surface area contributed by atoms with Crippen molar-refractivity contribution in [1.82, 2.24) is 9.97 Å². The van der Waals surface area contributed by atoms with Crippen LogP contribution < -0.4 is 0 Å². The summed E-state index contributed by atoms with van der Waals surface area (Å²) in [6.07, 6.45) is 1.70. The van der Waals surface area contributed by atoms with E-state index < -0.39 is 0 Å². The molecule has 2 aromatic heterocycles. The summed E-state index contributed by atoms with van der Waals surface area (Å²) in [6, 6.07) is 9.90. The summed E-state index contributed by atoms with van der Waals surface area (Å²) in [5.41, 5.74) is 3.46. The van der Waals surface area contributed by atoms with Crippen LogP contribution in [0.15, 0.2) is 45.4 Å². The molecule has 0 spiro atoms. The maximum Gasteiger partial charge on any atom is 0.247 e. The van der Waals surface area contributed by atoms with E-state index in [2.05, 4.69) is 25.9 Å². The second-order valence-corrected chi connectivity index (χ2v) is 4.73. The smallest absolute Gasteiger partial charge is 0.247 e. The van der Waals surface area contributed by atoms with Gasteiger partial charge in [-0.05, 0) is 40.5 Å². The molecule has 84 valence electrons. The Morgan fingerprint density at radius 2 is 2.06 bits per heavy atom. The molecule has 1 aromatic carbocycles.